The molecule has 0 saturated carbocycles. The fourth-order valence-electron chi connectivity index (χ4n) is 3.39. The van der Waals surface area contributed by atoms with Crippen molar-refractivity contribution in [1.29, 1.82) is 5.26 Å². The van der Waals surface area contributed by atoms with Gasteiger partial charge in [0.2, 0.25) is 0 Å². The number of rotatable bonds is 4. The second kappa shape index (κ2) is 6.93. The highest BCUT2D eigenvalue weighted by Gasteiger charge is 2.24. The number of likely N-dealkylation sites (tertiary alicyclic amines) is 1. The zero-order valence-electron chi connectivity index (χ0n) is 13.9. The fourth-order valence-corrected chi connectivity index (χ4v) is 3.39. The van der Waals surface area contributed by atoms with Gasteiger partial charge in [0.25, 0.3) is 0 Å². The lowest BCUT2D eigenvalue weighted by Crippen LogP contribution is -2.42. The van der Waals surface area contributed by atoms with E-state index in [2.05, 4.69) is 27.1 Å². The second-order valence-corrected chi connectivity index (χ2v) is 6.28. The normalized spacial score (nSPS) is 18.7. The first-order chi connectivity index (χ1) is 11.2. The lowest BCUT2D eigenvalue weighted by Gasteiger charge is -2.36. The van der Waals surface area contributed by atoms with Gasteiger partial charge in [-0.25, -0.2) is 9.67 Å². The standard InChI is InChI=1S/C18H23N5/c1-14-20-15(2)23(21-14)13-18-9-5-6-10-22(18)12-17-8-4-3-7-16(17)11-19/h3-4,7-8,18H,5-6,9-10,12-13H2,1-2H3/t18-/m1/s1. The number of aromatic nitrogens is 3. The van der Waals surface area contributed by atoms with Crippen molar-refractivity contribution < 1.29 is 0 Å². The van der Waals surface area contributed by atoms with Crippen LogP contribution in [0.15, 0.2) is 24.3 Å². The Balaban J connectivity index is 1.76. The highest BCUT2D eigenvalue weighted by molar-refractivity contribution is 5.37. The van der Waals surface area contributed by atoms with E-state index in [0.29, 0.717) is 6.04 Å². The lowest BCUT2D eigenvalue weighted by molar-refractivity contribution is 0.121. The maximum Gasteiger partial charge on any atom is 0.147 e. The summed E-state index contributed by atoms with van der Waals surface area (Å²) in [5, 5.41) is 13.8. The van der Waals surface area contributed by atoms with Crippen molar-refractivity contribution in [1.82, 2.24) is 19.7 Å². The Morgan fingerprint density at radius 1 is 1.26 bits per heavy atom. The van der Waals surface area contributed by atoms with Gasteiger partial charge in [0, 0.05) is 12.6 Å². The van der Waals surface area contributed by atoms with Gasteiger partial charge in [-0.1, -0.05) is 24.6 Å². The Labute approximate surface area is 137 Å². The zero-order chi connectivity index (χ0) is 16.2. The first kappa shape index (κ1) is 15.7. The maximum atomic E-state index is 9.30. The molecule has 2 heterocycles. The van der Waals surface area contributed by atoms with Crippen LogP contribution in [0.2, 0.25) is 0 Å². The molecule has 120 valence electrons. The Morgan fingerprint density at radius 2 is 2.09 bits per heavy atom. The van der Waals surface area contributed by atoms with Crippen molar-refractivity contribution in [3.63, 3.8) is 0 Å². The highest BCUT2D eigenvalue weighted by atomic mass is 15.4. The molecule has 0 spiro atoms. The van der Waals surface area contributed by atoms with Gasteiger partial charge in [0.15, 0.2) is 0 Å². The zero-order valence-corrected chi connectivity index (χ0v) is 13.9. The van der Waals surface area contributed by atoms with Crippen molar-refractivity contribution in [2.24, 2.45) is 0 Å². The largest absolute Gasteiger partial charge is 0.294 e. The van der Waals surface area contributed by atoms with E-state index in [9.17, 15) is 5.26 Å². The number of piperidine rings is 1. The van der Waals surface area contributed by atoms with Gasteiger partial charge in [0.1, 0.15) is 11.6 Å². The second-order valence-electron chi connectivity index (χ2n) is 6.28. The molecule has 1 saturated heterocycles. The van der Waals surface area contributed by atoms with E-state index in [0.717, 1.165) is 42.4 Å². The van der Waals surface area contributed by atoms with E-state index in [1.165, 1.54) is 19.3 Å². The molecule has 2 aromatic rings. The minimum Gasteiger partial charge on any atom is -0.294 e. The van der Waals surface area contributed by atoms with Gasteiger partial charge in [-0.15, -0.1) is 0 Å². The molecule has 1 fully saturated rings. The number of hydrogen-bond acceptors (Lipinski definition) is 4. The van der Waals surface area contributed by atoms with Crippen LogP contribution in [-0.2, 0) is 13.1 Å². The van der Waals surface area contributed by atoms with Gasteiger partial charge in [-0.2, -0.15) is 10.4 Å². The van der Waals surface area contributed by atoms with Crippen LogP contribution in [0, 0.1) is 25.2 Å². The summed E-state index contributed by atoms with van der Waals surface area (Å²) in [6.45, 7) is 6.74. The number of hydrogen-bond donors (Lipinski definition) is 0. The van der Waals surface area contributed by atoms with Gasteiger partial charge in [-0.3, -0.25) is 4.90 Å². The molecule has 0 unspecified atom stereocenters. The predicted octanol–water partition coefficient (Wildman–Crippen LogP) is 2.82. The predicted molar refractivity (Wildman–Crippen MR) is 88.7 cm³/mol. The average molecular weight is 309 g/mol. The molecule has 1 aliphatic heterocycles. The molecular weight excluding hydrogens is 286 g/mol. The molecule has 1 aromatic carbocycles. The van der Waals surface area contributed by atoms with E-state index < -0.39 is 0 Å². The third-order valence-electron chi connectivity index (χ3n) is 4.61. The molecule has 0 aliphatic carbocycles. The molecule has 1 atom stereocenters. The number of aryl methyl sites for hydroxylation is 2. The van der Waals surface area contributed by atoms with Crippen LogP contribution in [-0.4, -0.2) is 32.3 Å². The Morgan fingerprint density at radius 3 is 2.83 bits per heavy atom. The molecule has 3 rings (SSSR count). The number of benzene rings is 1. The van der Waals surface area contributed by atoms with E-state index in [1.54, 1.807) is 0 Å². The molecule has 1 aliphatic rings. The Bertz CT molecular complexity index is 712. The Hall–Kier alpha value is -2.19. The summed E-state index contributed by atoms with van der Waals surface area (Å²) >= 11 is 0. The quantitative estimate of drug-likeness (QED) is 0.871. The molecule has 0 amide bonds. The van der Waals surface area contributed by atoms with E-state index in [4.69, 9.17) is 0 Å². The lowest BCUT2D eigenvalue weighted by atomic mass is 10.00. The van der Waals surface area contributed by atoms with Crippen LogP contribution >= 0.6 is 0 Å². The van der Waals surface area contributed by atoms with Crippen LogP contribution in [0.25, 0.3) is 0 Å². The summed E-state index contributed by atoms with van der Waals surface area (Å²) in [4.78, 5) is 6.90. The summed E-state index contributed by atoms with van der Waals surface area (Å²) in [5.41, 5.74) is 1.90. The molecule has 5 nitrogen and oxygen atoms in total. The van der Waals surface area contributed by atoms with E-state index in [-0.39, 0.29) is 0 Å². The molecule has 0 bridgehead atoms. The van der Waals surface area contributed by atoms with Crippen LogP contribution < -0.4 is 0 Å². The number of nitriles is 1. The van der Waals surface area contributed by atoms with Crippen molar-refractivity contribution in [3.05, 3.63) is 47.0 Å². The van der Waals surface area contributed by atoms with Crippen LogP contribution in [0.3, 0.4) is 0 Å². The maximum absolute atomic E-state index is 9.30. The van der Waals surface area contributed by atoms with Crippen molar-refractivity contribution in [2.45, 2.75) is 52.2 Å². The van der Waals surface area contributed by atoms with Crippen molar-refractivity contribution in [2.75, 3.05) is 6.54 Å². The van der Waals surface area contributed by atoms with Crippen LogP contribution in [0.4, 0.5) is 0 Å². The molecule has 23 heavy (non-hydrogen) atoms. The molecule has 0 N–H and O–H groups in total. The Kier molecular flexibility index (Phi) is 4.73. The summed E-state index contributed by atoms with van der Waals surface area (Å²) in [6, 6.07) is 10.7. The summed E-state index contributed by atoms with van der Waals surface area (Å²) in [5.74, 6) is 1.81. The first-order valence-corrected chi connectivity index (χ1v) is 8.27. The fraction of sp³-hybridized carbons (Fsp3) is 0.500. The minimum atomic E-state index is 0.454. The van der Waals surface area contributed by atoms with E-state index >= 15 is 0 Å². The monoisotopic (exact) mass is 309 g/mol. The highest BCUT2D eigenvalue weighted by Crippen LogP contribution is 2.22. The third-order valence-corrected chi connectivity index (χ3v) is 4.61. The minimum absolute atomic E-state index is 0.454. The van der Waals surface area contributed by atoms with Gasteiger partial charge in [0.05, 0.1) is 18.2 Å². The molecule has 5 heteroatoms. The average Bonchev–Trinajstić information content (AvgIpc) is 2.87. The first-order valence-electron chi connectivity index (χ1n) is 8.27. The van der Waals surface area contributed by atoms with Crippen LogP contribution in [0.5, 0.6) is 0 Å². The van der Waals surface area contributed by atoms with E-state index in [1.807, 2.05) is 36.7 Å². The topological polar surface area (TPSA) is 57.7 Å². The summed E-state index contributed by atoms with van der Waals surface area (Å²) < 4.78 is 2.02. The third kappa shape index (κ3) is 3.59. The number of nitrogens with zero attached hydrogens (tertiary/aromatic N) is 5. The van der Waals surface area contributed by atoms with Gasteiger partial charge in [-0.05, 0) is 44.9 Å². The molecule has 1 aromatic heterocycles. The summed E-state index contributed by atoms with van der Waals surface area (Å²) in [7, 11) is 0. The summed E-state index contributed by atoms with van der Waals surface area (Å²) in [6.07, 6.45) is 3.65. The molecule has 0 radical (unpaired) electrons. The van der Waals surface area contributed by atoms with Gasteiger partial charge >= 0.3 is 0 Å². The van der Waals surface area contributed by atoms with Crippen molar-refractivity contribution >= 4 is 0 Å². The van der Waals surface area contributed by atoms with Crippen LogP contribution in [0.1, 0.15) is 42.0 Å². The molecular formula is C18H23N5. The van der Waals surface area contributed by atoms with Gasteiger partial charge < -0.3 is 0 Å². The SMILES string of the molecule is Cc1nc(C)n(C[C@H]2CCCCN2Cc2ccccc2C#N)n1. The smallest absolute Gasteiger partial charge is 0.147 e. The van der Waals surface area contributed by atoms with Crippen molar-refractivity contribution in [3.8, 4) is 6.07 Å².